The maximum Gasteiger partial charge on any atom is 0.123 e. The largest absolute Gasteiger partial charge is 0.316 e. The SMILES string of the molecule is CC(C)N(Cc1ccc(F)cc1)CC1CCCNC1.Cl. The number of nitrogens with one attached hydrogen (secondary N) is 1. The lowest BCUT2D eigenvalue weighted by atomic mass is 9.98. The van der Waals surface area contributed by atoms with E-state index >= 15 is 0 Å². The zero-order valence-corrected chi connectivity index (χ0v) is 13.3. The second-order valence-corrected chi connectivity index (χ2v) is 5.86. The Kier molecular flexibility index (Phi) is 7.49. The highest BCUT2D eigenvalue weighted by molar-refractivity contribution is 5.85. The molecule has 1 aliphatic rings. The molecule has 1 heterocycles. The van der Waals surface area contributed by atoms with Gasteiger partial charge in [-0.3, -0.25) is 4.90 Å². The molecule has 20 heavy (non-hydrogen) atoms. The molecule has 2 nitrogen and oxygen atoms in total. The van der Waals surface area contributed by atoms with Crippen LogP contribution in [0.5, 0.6) is 0 Å². The number of rotatable bonds is 5. The Morgan fingerprint density at radius 2 is 2.00 bits per heavy atom. The second kappa shape index (κ2) is 8.60. The molecule has 1 fully saturated rings. The van der Waals surface area contributed by atoms with Crippen LogP contribution in [0.15, 0.2) is 24.3 Å². The Balaban J connectivity index is 0.00000200. The van der Waals surface area contributed by atoms with Gasteiger partial charge >= 0.3 is 0 Å². The second-order valence-electron chi connectivity index (χ2n) is 5.86. The van der Waals surface area contributed by atoms with Crippen LogP contribution in [0.25, 0.3) is 0 Å². The van der Waals surface area contributed by atoms with Crippen LogP contribution in [0.4, 0.5) is 4.39 Å². The Morgan fingerprint density at radius 3 is 2.55 bits per heavy atom. The fourth-order valence-corrected chi connectivity index (χ4v) is 2.69. The van der Waals surface area contributed by atoms with E-state index < -0.39 is 0 Å². The van der Waals surface area contributed by atoms with Crippen LogP contribution in [-0.4, -0.2) is 30.6 Å². The molecule has 1 saturated heterocycles. The van der Waals surface area contributed by atoms with E-state index in [-0.39, 0.29) is 18.2 Å². The molecule has 4 heteroatoms. The number of piperidine rings is 1. The zero-order valence-electron chi connectivity index (χ0n) is 12.4. The van der Waals surface area contributed by atoms with Crippen molar-refractivity contribution in [1.82, 2.24) is 10.2 Å². The number of hydrogen-bond donors (Lipinski definition) is 1. The van der Waals surface area contributed by atoms with Gasteiger partial charge in [0.2, 0.25) is 0 Å². The molecule has 1 aromatic carbocycles. The Bertz CT molecular complexity index is 375. The first kappa shape index (κ1) is 17.4. The number of halogens is 2. The van der Waals surface area contributed by atoms with Crippen molar-refractivity contribution in [2.24, 2.45) is 5.92 Å². The summed E-state index contributed by atoms with van der Waals surface area (Å²) in [5.41, 5.74) is 1.19. The summed E-state index contributed by atoms with van der Waals surface area (Å²) in [4.78, 5) is 2.49. The van der Waals surface area contributed by atoms with Gasteiger partial charge in [0.25, 0.3) is 0 Å². The first-order valence-electron chi connectivity index (χ1n) is 7.34. The smallest absolute Gasteiger partial charge is 0.123 e. The molecule has 0 aromatic heterocycles. The molecule has 1 aromatic rings. The highest BCUT2D eigenvalue weighted by Crippen LogP contribution is 2.16. The van der Waals surface area contributed by atoms with Gasteiger partial charge in [-0.05, 0) is 63.4 Å². The fourth-order valence-electron chi connectivity index (χ4n) is 2.69. The molecule has 2 rings (SSSR count). The zero-order chi connectivity index (χ0) is 13.7. The van der Waals surface area contributed by atoms with Crippen molar-refractivity contribution in [2.45, 2.75) is 39.3 Å². The lowest BCUT2D eigenvalue weighted by Gasteiger charge is -2.32. The topological polar surface area (TPSA) is 15.3 Å². The summed E-state index contributed by atoms with van der Waals surface area (Å²) in [6, 6.07) is 7.41. The first-order chi connectivity index (χ1) is 9.15. The summed E-state index contributed by atoms with van der Waals surface area (Å²) in [5.74, 6) is 0.591. The number of hydrogen-bond acceptors (Lipinski definition) is 2. The molecule has 0 bridgehead atoms. The van der Waals surface area contributed by atoms with Gasteiger partial charge < -0.3 is 5.32 Å². The van der Waals surface area contributed by atoms with E-state index in [1.165, 1.54) is 18.4 Å². The summed E-state index contributed by atoms with van der Waals surface area (Å²) >= 11 is 0. The van der Waals surface area contributed by atoms with Crippen molar-refractivity contribution in [3.05, 3.63) is 35.6 Å². The van der Waals surface area contributed by atoms with Crippen LogP contribution in [0.3, 0.4) is 0 Å². The predicted molar refractivity (Wildman–Crippen MR) is 84.8 cm³/mol. The van der Waals surface area contributed by atoms with E-state index in [9.17, 15) is 4.39 Å². The highest BCUT2D eigenvalue weighted by atomic mass is 35.5. The molecule has 1 unspecified atom stereocenters. The monoisotopic (exact) mass is 300 g/mol. The summed E-state index contributed by atoms with van der Waals surface area (Å²) in [7, 11) is 0. The lowest BCUT2D eigenvalue weighted by Crippen LogP contribution is -2.40. The Hall–Kier alpha value is -0.640. The van der Waals surface area contributed by atoms with E-state index in [2.05, 4.69) is 24.1 Å². The quantitative estimate of drug-likeness (QED) is 0.896. The summed E-state index contributed by atoms with van der Waals surface area (Å²) in [6.07, 6.45) is 2.60. The van der Waals surface area contributed by atoms with Crippen molar-refractivity contribution >= 4 is 12.4 Å². The molecule has 114 valence electrons. The van der Waals surface area contributed by atoms with Gasteiger partial charge in [0.1, 0.15) is 5.82 Å². The molecule has 0 amide bonds. The van der Waals surface area contributed by atoms with Gasteiger partial charge in [0.05, 0.1) is 0 Å². The normalized spacial score (nSPS) is 19.1. The fraction of sp³-hybridized carbons (Fsp3) is 0.625. The molecule has 1 aliphatic heterocycles. The van der Waals surface area contributed by atoms with Crippen LogP contribution < -0.4 is 5.32 Å². The molecular formula is C16H26ClFN2. The number of nitrogens with zero attached hydrogens (tertiary/aromatic N) is 1. The van der Waals surface area contributed by atoms with Crippen molar-refractivity contribution in [3.63, 3.8) is 0 Å². The van der Waals surface area contributed by atoms with Crippen molar-refractivity contribution < 1.29 is 4.39 Å². The molecule has 0 spiro atoms. The van der Waals surface area contributed by atoms with Gasteiger partial charge in [0, 0.05) is 19.1 Å². The van der Waals surface area contributed by atoms with E-state index in [0.717, 1.165) is 32.1 Å². The highest BCUT2D eigenvalue weighted by Gasteiger charge is 2.18. The van der Waals surface area contributed by atoms with E-state index in [1.54, 1.807) is 12.1 Å². The summed E-state index contributed by atoms with van der Waals surface area (Å²) in [6.45, 7) is 8.80. The third-order valence-corrected chi connectivity index (χ3v) is 3.92. The molecule has 0 radical (unpaired) electrons. The molecule has 1 N–H and O–H groups in total. The third-order valence-electron chi connectivity index (χ3n) is 3.92. The molecule has 0 aliphatic carbocycles. The Morgan fingerprint density at radius 1 is 1.30 bits per heavy atom. The van der Waals surface area contributed by atoms with Gasteiger partial charge in [-0.1, -0.05) is 12.1 Å². The first-order valence-corrected chi connectivity index (χ1v) is 7.34. The van der Waals surface area contributed by atoms with E-state index in [0.29, 0.717) is 6.04 Å². The van der Waals surface area contributed by atoms with Gasteiger partial charge in [0.15, 0.2) is 0 Å². The maximum atomic E-state index is 12.9. The predicted octanol–water partition coefficient (Wildman–Crippen LogP) is 3.46. The van der Waals surface area contributed by atoms with Gasteiger partial charge in [-0.2, -0.15) is 0 Å². The lowest BCUT2D eigenvalue weighted by molar-refractivity contribution is 0.164. The third kappa shape index (κ3) is 5.39. The van der Waals surface area contributed by atoms with Crippen molar-refractivity contribution in [1.29, 1.82) is 0 Å². The van der Waals surface area contributed by atoms with Crippen LogP contribution >= 0.6 is 12.4 Å². The van der Waals surface area contributed by atoms with Gasteiger partial charge in [-0.15, -0.1) is 12.4 Å². The van der Waals surface area contributed by atoms with E-state index in [4.69, 9.17) is 0 Å². The minimum atomic E-state index is -0.156. The molecule has 0 saturated carbocycles. The van der Waals surface area contributed by atoms with Crippen molar-refractivity contribution in [2.75, 3.05) is 19.6 Å². The minimum absolute atomic E-state index is 0. The standard InChI is InChI=1S/C16H25FN2.ClH/c1-13(2)19(12-15-4-3-9-18-10-15)11-14-5-7-16(17)8-6-14;/h5-8,13,15,18H,3-4,9-12H2,1-2H3;1H. The summed E-state index contributed by atoms with van der Waals surface area (Å²) in [5, 5.41) is 3.47. The van der Waals surface area contributed by atoms with Crippen LogP contribution in [0, 0.1) is 11.7 Å². The average molecular weight is 301 g/mol. The molecular weight excluding hydrogens is 275 g/mol. The number of benzene rings is 1. The van der Waals surface area contributed by atoms with Crippen LogP contribution in [-0.2, 0) is 6.54 Å². The summed E-state index contributed by atoms with van der Waals surface area (Å²) < 4.78 is 12.9. The van der Waals surface area contributed by atoms with Crippen LogP contribution in [0.2, 0.25) is 0 Å². The minimum Gasteiger partial charge on any atom is -0.316 e. The Labute approximate surface area is 128 Å². The van der Waals surface area contributed by atoms with Crippen LogP contribution in [0.1, 0.15) is 32.3 Å². The molecule has 1 atom stereocenters. The van der Waals surface area contributed by atoms with Crippen molar-refractivity contribution in [3.8, 4) is 0 Å². The van der Waals surface area contributed by atoms with Gasteiger partial charge in [-0.25, -0.2) is 4.39 Å². The average Bonchev–Trinajstić information content (AvgIpc) is 2.41. The van der Waals surface area contributed by atoms with E-state index in [1.807, 2.05) is 12.1 Å². The maximum absolute atomic E-state index is 12.9.